The van der Waals surface area contributed by atoms with Crippen LogP contribution < -0.4 is 10.1 Å². The number of aromatic nitrogens is 2. The van der Waals surface area contributed by atoms with Crippen LogP contribution in [0, 0.1) is 5.82 Å². The van der Waals surface area contributed by atoms with E-state index in [4.69, 9.17) is 9.26 Å². The van der Waals surface area contributed by atoms with Gasteiger partial charge in [-0.15, -0.1) is 0 Å². The fourth-order valence-corrected chi connectivity index (χ4v) is 2.03. The van der Waals surface area contributed by atoms with Crippen molar-refractivity contribution in [1.29, 1.82) is 0 Å². The molecule has 0 aliphatic heterocycles. The number of rotatable bonds is 5. The van der Waals surface area contributed by atoms with E-state index in [2.05, 4.69) is 15.5 Å². The van der Waals surface area contributed by atoms with Gasteiger partial charge in [0.1, 0.15) is 11.6 Å². The average Bonchev–Trinajstić information content (AvgIpc) is 3.11. The number of carbonyl (C=O) groups excluding carboxylic acids is 1. The molecule has 1 N–H and O–H groups in total. The molecule has 0 aliphatic rings. The van der Waals surface area contributed by atoms with E-state index in [1.807, 2.05) is 12.1 Å². The third kappa shape index (κ3) is 3.57. The van der Waals surface area contributed by atoms with Crippen molar-refractivity contribution in [2.75, 3.05) is 7.11 Å². The Morgan fingerprint density at radius 2 is 1.88 bits per heavy atom. The summed E-state index contributed by atoms with van der Waals surface area (Å²) in [5, 5.41) is 6.42. The molecule has 2 aromatic carbocycles. The highest BCUT2D eigenvalue weighted by molar-refractivity contribution is 5.89. The van der Waals surface area contributed by atoms with Crippen molar-refractivity contribution in [3.8, 4) is 17.1 Å². The van der Waals surface area contributed by atoms with Crippen molar-refractivity contribution >= 4 is 5.91 Å². The van der Waals surface area contributed by atoms with Gasteiger partial charge < -0.3 is 14.6 Å². The first-order valence-corrected chi connectivity index (χ1v) is 7.16. The van der Waals surface area contributed by atoms with E-state index in [0.29, 0.717) is 12.1 Å². The summed E-state index contributed by atoms with van der Waals surface area (Å²) in [6, 6.07) is 12.9. The minimum absolute atomic E-state index is 0.150. The Labute approximate surface area is 137 Å². The van der Waals surface area contributed by atoms with Gasteiger partial charge in [-0.05, 0) is 42.0 Å². The topological polar surface area (TPSA) is 77.2 Å². The molecule has 7 heteroatoms. The van der Waals surface area contributed by atoms with Gasteiger partial charge in [-0.3, -0.25) is 4.79 Å². The molecule has 122 valence electrons. The van der Waals surface area contributed by atoms with Crippen LogP contribution >= 0.6 is 0 Å². The third-order valence-electron chi connectivity index (χ3n) is 3.33. The molecule has 0 saturated heterocycles. The Hall–Kier alpha value is -3.22. The van der Waals surface area contributed by atoms with Gasteiger partial charge in [0, 0.05) is 12.1 Å². The molecule has 0 unspecified atom stereocenters. The summed E-state index contributed by atoms with van der Waals surface area (Å²) in [4.78, 5) is 16.1. The molecular formula is C17H14FN3O3. The zero-order valence-corrected chi connectivity index (χ0v) is 12.8. The largest absolute Gasteiger partial charge is 0.497 e. The molecule has 1 aromatic heterocycles. The van der Waals surface area contributed by atoms with E-state index < -0.39 is 5.91 Å². The number of nitrogens with zero attached hydrogens (tertiary/aromatic N) is 2. The van der Waals surface area contributed by atoms with E-state index in [-0.39, 0.29) is 17.5 Å². The molecule has 0 bridgehead atoms. The summed E-state index contributed by atoms with van der Waals surface area (Å²) in [5.74, 6) is -0.0234. The minimum atomic E-state index is -0.480. The zero-order valence-electron chi connectivity index (χ0n) is 12.8. The lowest BCUT2D eigenvalue weighted by molar-refractivity contribution is 0.0907. The first-order valence-electron chi connectivity index (χ1n) is 7.16. The van der Waals surface area contributed by atoms with Gasteiger partial charge in [0.25, 0.3) is 0 Å². The van der Waals surface area contributed by atoms with Crippen molar-refractivity contribution in [2.45, 2.75) is 6.54 Å². The highest BCUT2D eigenvalue weighted by Gasteiger charge is 2.15. The zero-order chi connectivity index (χ0) is 16.9. The summed E-state index contributed by atoms with van der Waals surface area (Å²) in [5.41, 5.74) is 1.47. The normalized spacial score (nSPS) is 10.4. The Kier molecular flexibility index (Phi) is 4.51. The number of hydrogen-bond donors (Lipinski definition) is 1. The number of carbonyl (C=O) groups is 1. The van der Waals surface area contributed by atoms with Crippen LogP contribution in [0.15, 0.2) is 53.1 Å². The van der Waals surface area contributed by atoms with Crippen LogP contribution in [-0.2, 0) is 6.54 Å². The maximum atomic E-state index is 12.9. The highest BCUT2D eigenvalue weighted by atomic mass is 19.1. The number of nitrogens with one attached hydrogen (secondary N) is 1. The summed E-state index contributed by atoms with van der Waals surface area (Å²) in [7, 11) is 1.59. The Bertz CT molecular complexity index is 829. The number of hydrogen-bond acceptors (Lipinski definition) is 5. The molecule has 0 saturated carbocycles. The van der Waals surface area contributed by atoms with Gasteiger partial charge in [0.15, 0.2) is 0 Å². The highest BCUT2D eigenvalue weighted by Crippen LogP contribution is 2.16. The second-order valence-corrected chi connectivity index (χ2v) is 4.96. The molecular weight excluding hydrogens is 313 g/mol. The summed E-state index contributed by atoms with van der Waals surface area (Å²) in [6.45, 7) is 0.317. The maximum absolute atomic E-state index is 12.9. The lowest BCUT2D eigenvalue weighted by Crippen LogP contribution is -2.23. The van der Waals surface area contributed by atoms with Gasteiger partial charge in [-0.25, -0.2) is 4.39 Å². The van der Waals surface area contributed by atoms with Gasteiger partial charge in [-0.2, -0.15) is 4.98 Å². The van der Waals surface area contributed by atoms with Gasteiger partial charge >= 0.3 is 11.8 Å². The maximum Gasteiger partial charge on any atom is 0.316 e. The molecule has 24 heavy (non-hydrogen) atoms. The van der Waals surface area contributed by atoms with Crippen LogP contribution in [0.25, 0.3) is 11.4 Å². The Morgan fingerprint density at radius 3 is 2.54 bits per heavy atom. The van der Waals surface area contributed by atoms with Crippen LogP contribution in [0.2, 0.25) is 0 Å². The first kappa shape index (κ1) is 15.7. The fraction of sp³-hybridized carbons (Fsp3) is 0.118. The predicted molar refractivity (Wildman–Crippen MR) is 83.9 cm³/mol. The summed E-state index contributed by atoms with van der Waals surface area (Å²) < 4.78 is 22.9. The van der Waals surface area contributed by atoms with Crippen LogP contribution in [0.3, 0.4) is 0 Å². The van der Waals surface area contributed by atoms with Crippen molar-refractivity contribution in [2.24, 2.45) is 0 Å². The molecule has 1 amide bonds. The molecule has 0 radical (unpaired) electrons. The quantitative estimate of drug-likeness (QED) is 0.780. The Morgan fingerprint density at radius 1 is 1.17 bits per heavy atom. The van der Waals surface area contributed by atoms with E-state index in [1.54, 1.807) is 19.2 Å². The van der Waals surface area contributed by atoms with E-state index in [9.17, 15) is 9.18 Å². The van der Waals surface area contributed by atoms with Crippen LogP contribution in [-0.4, -0.2) is 23.2 Å². The second-order valence-electron chi connectivity index (χ2n) is 4.96. The number of benzene rings is 2. The van der Waals surface area contributed by atoms with Gasteiger partial charge in [0.2, 0.25) is 5.82 Å². The van der Waals surface area contributed by atoms with Crippen molar-refractivity contribution in [3.05, 3.63) is 65.8 Å². The fourth-order valence-electron chi connectivity index (χ4n) is 2.03. The molecule has 3 aromatic rings. The molecule has 0 atom stereocenters. The molecule has 0 spiro atoms. The molecule has 6 nitrogen and oxygen atoms in total. The average molecular weight is 327 g/mol. The van der Waals surface area contributed by atoms with E-state index in [1.165, 1.54) is 24.3 Å². The summed E-state index contributed by atoms with van der Waals surface area (Å²) in [6.07, 6.45) is 0. The van der Waals surface area contributed by atoms with Crippen LogP contribution in [0.5, 0.6) is 5.75 Å². The van der Waals surface area contributed by atoms with Crippen molar-refractivity contribution < 1.29 is 18.4 Å². The van der Waals surface area contributed by atoms with Crippen molar-refractivity contribution in [1.82, 2.24) is 15.5 Å². The molecule has 3 rings (SSSR count). The lowest BCUT2D eigenvalue weighted by Gasteiger charge is -2.04. The number of halogens is 1. The molecule has 0 aliphatic carbocycles. The predicted octanol–water partition coefficient (Wildman–Crippen LogP) is 2.81. The SMILES string of the molecule is COc1ccc(CNC(=O)c2nc(-c3ccc(F)cc3)no2)cc1. The first-order chi connectivity index (χ1) is 11.7. The standard InChI is InChI=1S/C17H14FN3O3/c1-23-14-8-2-11(3-9-14)10-19-16(22)17-20-15(21-24-17)12-4-6-13(18)7-5-12/h2-9H,10H2,1H3,(H,19,22). The van der Waals surface area contributed by atoms with E-state index >= 15 is 0 Å². The van der Waals surface area contributed by atoms with E-state index in [0.717, 1.165) is 11.3 Å². The van der Waals surface area contributed by atoms with Crippen LogP contribution in [0.4, 0.5) is 4.39 Å². The summed E-state index contributed by atoms with van der Waals surface area (Å²) >= 11 is 0. The number of ether oxygens (including phenoxy) is 1. The minimum Gasteiger partial charge on any atom is -0.497 e. The monoisotopic (exact) mass is 327 g/mol. The molecule has 1 heterocycles. The molecule has 0 fully saturated rings. The lowest BCUT2D eigenvalue weighted by atomic mass is 10.2. The number of methoxy groups -OCH3 is 1. The van der Waals surface area contributed by atoms with Crippen LogP contribution in [0.1, 0.15) is 16.2 Å². The van der Waals surface area contributed by atoms with Gasteiger partial charge in [0.05, 0.1) is 7.11 Å². The third-order valence-corrected chi connectivity index (χ3v) is 3.33. The smallest absolute Gasteiger partial charge is 0.316 e. The number of amides is 1. The second kappa shape index (κ2) is 6.91. The van der Waals surface area contributed by atoms with Crippen molar-refractivity contribution in [3.63, 3.8) is 0 Å². The Balaban J connectivity index is 1.64. The van der Waals surface area contributed by atoms with Gasteiger partial charge in [-0.1, -0.05) is 17.3 Å².